The molecule has 0 aromatic heterocycles. The van der Waals surface area contributed by atoms with E-state index in [1.165, 1.54) is 45.2 Å². The van der Waals surface area contributed by atoms with Gasteiger partial charge in [0.2, 0.25) is 0 Å². The summed E-state index contributed by atoms with van der Waals surface area (Å²) in [5, 5.41) is 0. The van der Waals surface area contributed by atoms with Crippen LogP contribution >= 0.6 is 0 Å². The van der Waals surface area contributed by atoms with E-state index >= 15 is 0 Å². The van der Waals surface area contributed by atoms with Gasteiger partial charge in [0.1, 0.15) is 5.75 Å². The maximum atomic E-state index is 6.17. The molecular formula is C17H27N3O. The number of hydrogen-bond donors (Lipinski definition) is 1. The standard InChI is InChI=1S/C17H27N3O/c1-21-15-5-6-17(16(18)13-15)20-11-7-14(8-12-20)19-9-3-2-4-10-19/h5-6,13-14H,2-4,7-12,18H2,1H3. The molecule has 3 rings (SSSR count). The van der Waals surface area contributed by atoms with E-state index in [9.17, 15) is 0 Å². The number of rotatable bonds is 3. The van der Waals surface area contributed by atoms with Crippen LogP contribution in [0.25, 0.3) is 0 Å². The van der Waals surface area contributed by atoms with E-state index in [4.69, 9.17) is 10.5 Å². The molecule has 0 amide bonds. The van der Waals surface area contributed by atoms with Crippen LogP contribution in [-0.4, -0.2) is 44.2 Å². The Kier molecular flexibility index (Phi) is 4.54. The predicted molar refractivity (Wildman–Crippen MR) is 88.1 cm³/mol. The summed E-state index contributed by atoms with van der Waals surface area (Å²) in [5.74, 6) is 0.833. The largest absolute Gasteiger partial charge is 0.497 e. The molecule has 0 saturated carbocycles. The number of nitrogens with zero attached hydrogens (tertiary/aromatic N) is 2. The van der Waals surface area contributed by atoms with Crippen LogP contribution in [0.1, 0.15) is 32.1 Å². The van der Waals surface area contributed by atoms with E-state index < -0.39 is 0 Å². The smallest absolute Gasteiger partial charge is 0.121 e. The molecule has 0 spiro atoms. The Bertz CT molecular complexity index is 463. The molecule has 2 N–H and O–H groups in total. The normalized spacial score (nSPS) is 21.5. The summed E-state index contributed by atoms with van der Waals surface area (Å²) in [6.45, 7) is 4.82. The van der Waals surface area contributed by atoms with Crippen molar-refractivity contribution in [1.82, 2.24) is 4.90 Å². The van der Waals surface area contributed by atoms with E-state index in [0.717, 1.165) is 36.3 Å². The summed E-state index contributed by atoms with van der Waals surface area (Å²) in [6, 6.07) is 6.80. The minimum Gasteiger partial charge on any atom is -0.497 e. The van der Waals surface area contributed by atoms with Gasteiger partial charge in [-0.1, -0.05) is 6.42 Å². The Morgan fingerprint density at radius 1 is 1.05 bits per heavy atom. The van der Waals surface area contributed by atoms with Crippen molar-refractivity contribution in [3.05, 3.63) is 18.2 Å². The zero-order valence-corrected chi connectivity index (χ0v) is 13.1. The summed E-state index contributed by atoms with van der Waals surface area (Å²) in [5.41, 5.74) is 8.16. The highest BCUT2D eigenvalue weighted by Gasteiger charge is 2.26. The minimum atomic E-state index is 0.779. The number of nitrogens with two attached hydrogens (primary N) is 1. The molecule has 116 valence electrons. The molecular weight excluding hydrogens is 262 g/mol. The second kappa shape index (κ2) is 6.56. The zero-order chi connectivity index (χ0) is 14.7. The first-order valence-corrected chi connectivity index (χ1v) is 8.20. The highest BCUT2D eigenvalue weighted by atomic mass is 16.5. The van der Waals surface area contributed by atoms with Gasteiger partial charge in [-0.05, 0) is 50.9 Å². The van der Waals surface area contributed by atoms with Gasteiger partial charge in [0.15, 0.2) is 0 Å². The molecule has 2 heterocycles. The fraction of sp³-hybridized carbons (Fsp3) is 0.647. The quantitative estimate of drug-likeness (QED) is 0.869. The maximum absolute atomic E-state index is 6.17. The van der Waals surface area contributed by atoms with Crippen LogP contribution in [0.5, 0.6) is 5.75 Å². The minimum absolute atomic E-state index is 0.779. The fourth-order valence-corrected chi connectivity index (χ4v) is 3.70. The Balaban J connectivity index is 1.60. The van der Waals surface area contributed by atoms with Gasteiger partial charge in [-0.2, -0.15) is 0 Å². The highest BCUT2D eigenvalue weighted by Crippen LogP contribution is 2.31. The monoisotopic (exact) mass is 289 g/mol. The summed E-state index contributed by atoms with van der Waals surface area (Å²) in [7, 11) is 1.68. The van der Waals surface area contributed by atoms with E-state index in [2.05, 4.69) is 15.9 Å². The first-order chi connectivity index (χ1) is 10.3. The summed E-state index contributed by atoms with van der Waals surface area (Å²) >= 11 is 0. The fourth-order valence-electron chi connectivity index (χ4n) is 3.70. The van der Waals surface area contributed by atoms with Crippen molar-refractivity contribution in [1.29, 1.82) is 0 Å². The second-order valence-electron chi connectivity index (χ2n) is 6.24. The summed E-state index contributed by atoms with van der Waals surface area (Å²) in [4.78, 5) is 5.13. The van der Waals surface area contributed by atoms with Crippen LogP contribution in [0.15, 0.2) is 18.2 Å². The summed E-state index contributed by atoms with van der Waals surface area (Å²) < 4.78 is 5.23. The molecule has 4 heteroatoms. The molecule has 1 aromatic rings. The average Bonchev–Trinajstić information content (AvgIpc) is 2.56. The van der Waals surface area contributed by atoms with Gasteiger partial charge < -0.3 is 20.3 Å². The number of anilines is 2. The molecule has 4 nitrogen and oxygen atoms in total. The third-order valence-corrected chi connectivity index (χ3v) is 4.95. The van der Waals surface area contributed by atoms with Crippen LogP contribution in [0.4, 0.5) is 11.4 Å². The molecule has 2 aliphatic heterocycles. The molecule has 0 unspecified atom stereocenters. The molecule has 2 fully saturated rings. The van der Waals surface area contributed by atoms with Gasteiger partial charge in [-0.3, -0.25) is 0 Å². The number of nitrogen functional groups attached to an aromatic ring is 1. The van der Waals surface area contributed by atoms with Crippen LogP contribution in [0.2, 0.25) is 0 Å². The van der Waals surface area contributed by atoms with Crippen LogP contribution in [0.3, 0.4) is 0 Å². The third kappa shape index (κ3) is 3.26. The highest BCUT2D eigenvalue weighted by molar-refractivity contribution is 5.69. The van der Waals surface area contributed by atoms with Gasteiger partial charge in [0, 0.05) is 25.2 Å². The van der Waals surface area contributed by atoms with Gasteiger partial charge in [0.05, 0.1) is 18.5 Å². The first-order valence-electron chi connectivity index (χ1n) is 8.20. The van der Waals surface area contributed by atoms with Gasteiger partial charge in [-0.15, -0.1) is 0 Å². The first kappa shape index (κ1) is 14.5. The van der Waals surface area contributed by atoms with Crippen molar-refractivity contribution >= 4 is 11.4 Å². The maximum Gasteiger partial charge on any atom is 0.121 e. The Morgan fingerprint density at radius 3 is 2.38 bits per heavy atom. The van der Waals surface area contributed by atoms with Crippen molar-refractivity contribution in [2.75, 3.05) is 43.9 Å². The number of likely N-dealkylation sites (tertiary alicyclic amines) is 1. The molecule has 21 heavy (non-hydrogen) atoms. The molecule has 1 aromatic carbocycles. The lowest BCUT2D eigenvalue weighted by Crippen LogP contribution is -2.46. The molecule has 2 saturated heterocycles. The molecule has 0 bridgehead atoms. The molecule has 0 atom stereocenters. The van der Waals surface area contributed by atoms with Gasteiger partial charge in [-0.25, -0.2) is 0 Å². The van der Waals surface area contributed by atoms with Crippen LogP contribution in [0, 0.1) is 0 Å². The molecule has 0 radical (unpaired) electrons. The van der Waals surface area contributed by atoms with E-state index in [0.29, 0.717) is 0 Å². The Morgan fingerprint density at radius 2 is 1.76 bits per heavy atom. The molecule has 0 aliphatic carbocycles. The zero-order valence-electron chi connectivity index (χ0n) is 13.1. The van der Waals surface area contributed by atoms with Crippen molar-refractivity contribution < 1.29 is 4.74 Å². The summed E-state index contributed by atoms with van der Waals surface area (Å²) in [6.07, 6.45) is 6.69. The van der Waals surface area contributed by atoms with E-state index in [1.807, 2.05) is 12.1 Å². The van der Waals surface area contributed by atoms with Crippen molar-refractivity contribution in [2.24, 2.45) is 0 Å². The van der Waals surface area contributed by atoms with E-state index in [-0.39, 0.29) is 0 Å². The van der Waals surface area contributed by atoms with Crippen LogP contribution in [-0.2, 0) is 0 Å². The van der Waals surface area contributed by atoms with Gasteiger partial charge >= 0.3 is 0 Å². The lowest BCUT2D eigenvalue weighted by Gasteiger charge is -2.41. The number of benzene rings is 1. The molecule has 2 aliphatic rings. The number of methoxy groups -OCH3 is 1. The lowest BCUT2D eigenvalue weighted by molar-refractivity contribution is 0.141. The number of piperidine rings is 2. The van der Waals surface area contributed by atoms with Crippen molar-refractivity contribution in [3.63, 3.8) is 0 Å². The average molecular weight is 289 g/mol. The predicted octanol–water partition coefficient (Wildman–Crippen LogP) is 2.73. The Labute approximate surface area is 127 Å². The lowest BCUT2D eigenvalue weighted by atomic mass is 9.99. The Hall–Kier alpha value is -1.42. The third-order valence-electron chi connectivity index (χ3n) is 4.95. The number of hydrogen-bond acceptors (Lipinski definition) is 4. The van der Waals surface area contributed by atoms with E-state index in [1.54, 1.807) is 7.11 Å². The van der Waals surface area contributed by atoms with Crippen LogP contribution < -0.4 is 15.4 Å². The SMILES string of the molecule is COc1ccc(N2CCC(N3CCCCC3)CC2)c(N)c1. The van der Waals surface area contributed by atoms with Crippen molar-refractivity contribution in [3.8, 4) is 5.75 Å². The van der Waals surface area contributed by atoms with Gasteiger partial charge in [0.25, 0.3) is 0 Å². The topological polar surface area (TPSA) is 41.7 Å². The number of ether oxygens (including phenoxy) is 1. The van der Waals surface area contributed by atoms with Crippen molar-refractivity contribution in [2.45, 2.75) is 38.1 Å². The second-order valence-corrected chi connectivity index (χ2v) is 6.24.